The van der Waals surface area contributed by atoms with E-state index in [1.165, 1.54) is 25.7 Å². The smallest absolute Gasteiger partial charge is 0.265 e. The second-order valence-electron chi connectivity index (χ2n) is 5.57. The maximum absolute atomic E-state index is 12.3. The highest BCUT2D eigenvalue weighted by molar-refractivity contribution is 4.91. The van der Waals surface area contributed by atoms with E-state index < -0.39 is 12.5 Å². The summed E-state index contributed by atoms with van der Waals surface area (Å²) in [6.45, 7) is 1.08. The Kier molecular flexibility index (Phi) is 5.33. The number of rotatable bonds is 5. The standard InChI is InChI=1S/C13H24F2N2O/c14-13(15)12(18)8-17-11-5-2-1-4-9(11)10-6-3-7-16-10/h9-13,16-18H,1-8H2. The molecular weight excluding hydrogens is 238 g/mol. The molecule has 0 aromatic rings. The van der Waals surface area contributed by atoms with Gasteiger partial charge < -0.3 is 15.7 Å². The molecule has 18 heavy (non-hydrogen) atoms. The fourth-order valence-electron chi connectivity index (χ4n) is 3.33. The van der Waals surface area contributed by atoms with Crippen LogP contribution in [-0.4, -0.2) is 42.8 Å². The summed E-state index contributed by atoms with van der Waals surface area (Å²) in [6.07, 6.45) is 2.82. The molecule has 1 saturated heterocycles. The number of hydrogen-bond acceptors (Lipinski definition) is 3. The molecule has 4 unspecified atom stereocenters. The number of alkyl halides is 2. The molecule has 2 rings (SSSR count). The van der Waals surface area contributed by atoms with E-state index >= 15 is 0 Å². The van der Waals surface area contributed by atoms with Crippen molar-refractivity contribution in [1.29, 1.82) is 0 Å². The number of aliphatic hydroxyl groups excluding tert-OH is 1. The van der Waals surface area contributed by atoms with Gasteiger partial charge in [-0.25, -0.2) is 8.78 Å². The highest BCUT2D eigenvalue weighted by atomic mass is 19.3. The van der Waals surface area contributed by atoms with Crippen LogP contribution in [-0.2, 0) is 0 Å². The van der Waals surface area contributed by atoms with Crippen LogP contribution in [0.15, 0.2) is 0 Å². The van der Waals surface area contributed by atoms with Crippen molar-refractivity contribution in [2.75, 3.05) is 13.1 Å². The monoisotopic (exact) mass is 262 g/mol. The largest absolute Gasteiger partial charge is 0.386 e. The lowest BCUT2D eigenvalue weighted by atomic mass is 9.79. The Hall–Kier alpha value is -0.260. The second kappa shape index (κ2) is 6.78. The Balaban J connectivity index is 1.83. The van der Waals surface area contributed by atoms with Gasteiger partial charge in [-0.3, -0.25) is 0 Å². The van der Waals surface area contributed by atoms with Gasteiger partial charge in [0.1, 0.15) is 6.10 Å². The summed E-state index contributed by atoms with van der Waals surface area (Å²) in [4.78, 5) is 0. The van der Waals surface area contributed by atoms with E-state index in [0.717, 1.165) is 19.4 Å². The number of nitrogens with one attached hydrogen (secondary N) is 2. The molecule has 0 radical (unpaired) electrons. The molecule has 0 aromatic carbocycles. The van der Waals surface area contributed by atoms with Crippen LogP contribution < -0.4 is 10.6 Å². The van der Waals surface area contributed by atoms with Crippen LogP contribution in [0.5, 0.6) is 0 Å². The highest BCUT2D eigenvalue weighted by Crippen LogP contribution is 2.30. The van der Waals surface area contributed by atoms with Crippen molar-refractivity contribution in [3.63, 3.8) is 0 Å². The Morgan fingerprint density at radius 3 is 2.61 bits per heavy atom. The van der Waals surface area contributed by atoms with E-state index in [2.05, 4.69) is 10.6 Å². The molecule has 3 N–H and O–H groups in total. The van der Waals surface area contributed by atoms with Crippen LogP contribution in [0.3, 0.4) is 0 Å². The van der Waals surface area contributed by atoms with Gasteiger partial charge in [0.05, 0.1) is 0 Å². The zero-order valence-electron chi connectivity index (χ0n) is 10.7. The van der Waals surface area contributed by atoms with Gasteiger partial charge in [-0.2, -0.15) is 0 Å². The SMILES string of the molecule is OC(CNC1CCCCC1C1CCCN1)C(F)F. The summed E-state index contributed by atoms with van der Waals surface area (Å²) in [5, 5.41) is 15.9. The molecule has 4 atom stereocenters. The summed E-state index contributed by atoms with van der Waals surface area (Å²) in [6, 6.07) is 0.814. The quantitative estimate of drug-likeness (QED) is 0.704. The zero-order chi connectivity index (χ0) is 13.0. The van der Waals surface area contributed by atoms with Crippen molar-refractivity contribution >= 4 is 0 Å². The summed E-state index contributed by atoms with van der Waals surface area (Å²) in [7, 11) is 0. The van der Waals surface area contributed by atoms with Crippen molar-refractivity contribution < 1.29 is 13.9 Å². The van der Waals surface area contributed by atoms with E-state index in [9.17, 15) is 13.9 Å². The molecule has 5 heteroatoms. The molecule has 0 amide bonds. The molecule has 0 spiro atoms. The minimum Gasteiger partial charge on any atom is -0.386 e. The van der Waals surface area contributed by atoms with E-state index in [0.29, 0.717) is 12.0 Å². The Morgan fingerprint density at radius 1 is 1.17 bits per heavy atom. The zero-order valence-corrected chi connectivity index (χ0v) is 10.7. The molecule has 106 valence electrons. The van der Waals surface area contributed by atoms with Crippen LogP contribution in [0, 0.1) is 5.92 Å². The van der Waals surface area contributed by atoms with E-state index in [4.69, 9.17) is 0 Å². The van der Waals surface area contributed by atoms with Crippen molar-refractivity contribution in [1.82, 2.24) is 10.6 Å². The Morgan fingerprint density at radius 2 is 1.94 bits per heavy atom. The molecule has 3 nitrogen and oxygen atoms in total. The fourth-order valence-corrected chi connectivity index (χ4v) is 3.33. The maximum atomic E-state index is 12.3. The van der Waals surface area contributed by atoms with Crippen molar-refractivity contribution in [2.45, 2.75) is 63.1 Å². The van der Waals surface area contributed by atoms with Gasteiger partial charge in [0.25, 0.3) is 6.43 Å². The first kappa shape index (κ1) is 14.2. The lowest BCUT2D eigenvalue weighted by Crippen LogP contribution is -2.49. The molecule has 2 aliphatic rings. The average Bonchev–Trinajstić information content (AvgIpc) is 2.89. The Bertz CT molecular complexity index is 247. The third-order valence-electron chi connectivity index (χ3n) is 4.31. The molecule has 2 fully saturated rings. The molecule has 0 aromatic heterocycles. The third-order valence-corrected chi connectivity index (χ3v) is 4.31. The predicted octanol–water partition coefficient (Wildman–Crippen LogP) is 1.51. The summed E-state index contributed by atoms with van der Waals surface area (Å²) in [5.74, 6) is 0.533. The first-order valence-electron chi connectivity index (χ1n) is 7.11. The van der Waals surface area contributed by atoms with Gasteiger partial charge in [0.15, 0.2) is 0 Å². The molecule has 1 heterocycles. The van der Waals surface area contributed by atoms with Crippen molar-refractivity contribution in [2.24, 2.45) is 5.92 Å². The van der Waals surface area contributed by atoms with Crippen LogP contribution in [0.25, 0.3) is 0 Å². The highest BCUT2D eigenvalue weighted by Gasteiger charge is 2.33. The first-order valence-corrected chi connectivity index (χ1v) is 7.11. The average molecular weight is 262 g/mol. The summed E-state index contributed by atoms with van der Waals surface area (Å²) >= 11 is 0. The van der Waals surface area contributed by atoms with Crippen molar-refractivity contribution in [3.8, 4) is 0 Å². The van der Waals surface area contributed by atoms with Gasteiger partial charge in [-0.05, 0) is 38.1 Å². The van der Waals surface area contributed by atoms with E-state index in [1.807, 2.05) is 0 Å². The Labute approximate surface area is 107 Å². The second-order valence-corrected chi connectivity index (χ2v) is 5.57. The fraction of sp³-hybridized carbons (Fsp3) is 1.00. The van der Waals surface area contributed by atoms with Crippen LogP contribution >= 0.6 is 0 Å². The van der Waals surface area contributed by atoms with Gasteiger partial charge in [-0.1, -0.05) is 12.8 Å². The van der Waals surface area contributed by atoms with Gasteiger partial charge in [0.2, 0.25) is 0 Å². The van der Waals surface area contributed by atoms with Crippen LogP contribution in [0.2, 0.25) is 0 Å². The molecule has 0 bridgehead atoms. The summed E-state index contributed by atoms with van der Waals surface area (Å²) in [5.41, 5.74) is 0. The van der Waals surface area contributed by atoms with Crippen LogP contribution in [0.4, 0.5) is 8.78 Å². The minimum atomic E-state index is -2.65. The molecular formula is C13H24F2N2O. The normalized spacial score (nSPS) is 35.0. The third kappa shape index (κ3) is 3.62. The minimum absolute atomic E-state index is 0.00551. The number of halogens is 2. The number of aliphatic hydroxyl groups is 1. The summed E-state index contributed by atoms with van der Waals surface area (Å²) < 4.78 is 24.6. The van der Waals surface area contributed by atoms with E-state index in [-0.39, 0.29) is 12.6 Å². The first-order chi connectivity index (χ1) is 8.68. The lowest BCUT2D eigenvalue weighted by Gasteiger charge is -2.36. The maximum Gasteiger partial charge on any atom is 0.265 e. The molecule has 1 saturated carbocycles. The van der Waals surface area contributed by atoms with Crippen molar-refractivity contribution in [3.05, 3.63) is 0 Å². The van der Waals surface area contributed by atoms with Gasteiger partial charge >= 0.3 is 0 Å². The predicted molar refractivity (Wildman–Crippen MR) is 66.8 cm³/mol. The topological polar surface area (TPSA) is 44.3 Å². The molecule has 1 aliphatic heterocycles. The van der Waals surface area contributed by atoms with Gasteiger partial charge in [-0.15, -0.1) is 0 Å². The van der Waals surface area contributed by atoms with E-state index in [1.54, 1.807) is 0 Å². The number of hydrogen-bond donors (Lipinski definition) is 3. The van der Waals surface area contributed by atoms with Crippen LogP contribution in [0.1, 0.15) is 38.5 Å². The molecule has 1 aliphatic carbocycles. The van der Waals surface area contributed by atoms with Gasteiger partial charge in [0, 0.05) is 18.6 Å². The lowest BCUT2D eigenvalue weighted by molar-refractivity contribution is -0.00681.